The van der Waals surface area contributed by atoms with Crippen LogP contribution < -0.4 is 10.1 Å². The van der Waals surface area contributed by atoms with Crippen LogP contribution in [0.25, 0.3) is 10.9 Å². The van der Waals surface area contributed by atoms with Gasteiger partial charge >= 0.3 is 0 Å². The van der Waals surface area contributed by atoms with Crippen LogP contribution in [0, 0.1) is 12.7 Å². The van der Waals surface area contributed by atoms with Gasteiger partial charge < -0.3 is 14.8 Å². The van der Waals surface area contributed by atoms with Crippen molar-refractivity contribution < 1.29 is 18.7 Å². The monoisotopic (exact) mass is 318 g/mol. The molecule has 1 aliphatic heterocycles. The Labute approximate surface area is 133 Å². The predicted octanol–water partition coefficient (Wildman–Crippen LogP) is 2.60. The van der Waals surface area contributed by atoms with Crippen molar-refractivity contribution in [1.82, 2.24) is 10.3 Å². The van der Waals surface area contributed by atoms with Crippen molar-refractivity contribution in [3.05, 3.63) is 35.3 Å². The zero-order valence-corrected chi connectivity index (χ0v) is 13.2. The summed E-state index contributed by atoms with van der Waals surface area (Å²) in [6.07, 6.45) is 2.04. The number of carbonyl (C=O) groups excluding carboxylic acids is 1. The average molecular weight is 318 g/mol. The SMILES string of the molecule is COc1cc(C(=O)NC[C@@H]2CCCO2)nc2c(C)cc(F)cc12. The maximum absolute atomic E-state index is 13.6. The normalized spacial score (nSPS) is 17.4. The lowest BCUT2D eigenvalue weighted by Crippen LogP contribution is -2.32. The number of hydrogen-bond donors (Lipinski definition) is 1. The maximum Gasteiger partial charge on any atom is 0.270 e. The molecule has 0 aliphatic carbocycles. The third kappa shape index (κ3) is 3.27. The number of benzene rings is 1. The Bertz CT molecular complexity index is 742. The van der Waals surface area contributed by atoms with Gasteiger partial charge in [-0.05, 0) is 37.5 Å². The molecule has 0 bridgehead atoms. The van der Waals surface area contributed by atoms with Gasteiger partial charge in [0.25, 0.3) is 5.91 Å². The number of rotatable bonds is 4. The molecule has 1 aromatic heterocycles. The molecule has 1 aliphatic rings. The number of aromatic nitrogens is 1. The summed E-state index contributed by atoms with van der Waals surface area (Å²) >= 11 is 0. The summed E-state index contributed by atoms with van der Waals surface area (Å²) < 4.78 is 24.4. The van der Waals surface area contributed by atoms with Crippen LogP contribution >= 0.6 is 0 Å². The molecule has 2 heterocycles. The van der Waals surface area contributed by atoms with Crippen molar-refractivity contribution in [2.45, 2.75) is 25.9 Å². The van der Waals surface area contributed by atoms with Gasteiger partial charge in [0.15, 0.2) is 0 Å². The lowest BCUT2D eigenvalue weighted by atomic mass is 10.1. The van der Waals surface area contributed by atoms with E-state index in [-0.39, 0.29) is 23.5 Å². The van der Waals surface area contributed by atoms with E-state index in [0.29, 0.717) is 28.8 Å². The van der Waals surface area contributed by atoms with Crippen molar-refractivity contribution in [3.63, 3.8) is 0 Å². The van der Waals surface area contributed by atoms with Crippen LogP contribution in [-0.4, -0.2) is 37.3 Å². The number of fused-ring (bicyclic) bond motifs is 1. The third-order valence-electron chi connectivity index (χ3n) is 4.00. The minimum Gasteiger partial charge on any atom is -0.496 e. The van der Waals surface area contributed by atoms with Crippen molar-refractivity contribution in [2.24, 2.45) is 0 Å². The quantitative estimate of drug-likeness (QED) is 0.941. The van der Waals surface area contributed by atoms with E-state index in [0.717, 1.165) is 19.4 Å². The zero-order chi connectivity index (χ0) is 16.4. The Kier molecular flexibility index (Phi) is 4.43. The van der Waals surface area contributed by atoms with Gasteiger partial charge in [-0.1, -0.05) is 0 Å². The van der Waals surface area contributed by atoms with Crippen LogP contribution in [0.15, 0.2) is 18.2 Å². The Morgan fingerprint density at radius 3 is 3.00 bits per heavy atom. The van der Waals surface area contributed by atoms with E-state index in [1.165, 1.54) is 25.3 Å². The number of nitrogens with one attached hydrogen (secondary N) is 1. The van der Waals surface area contributed by atoms with Crippen molar-refractivity contribution in [3.8, 4) is 5.75 Å². The Hall–Kier alpha value is -2.21. The molecule has 0 radical (unpaired) electrons. The lowest BCUT2D eigenvalue weighted by Gasteiger charge is -2.13. The van der Waals surface area contributed by atoms with Crippen molar-refractivity contribution in [1.29, 1.82) is 0 Å². The van der Waals surface area contributed by atoms with Crippen LogP contribution in [0.4, 0.5) is 4.39 Å². The fourth-order valence-corrected chi connectivity index (χ4v) is 2.81. The highest BCUT2D eigenvalue weighted by atomic mass is 19.1. The Morgan fingerprint density at radius 2 is 2.30 bits per heavy atom. The molecule has 23 heavy (non-hydrogen) atoms. The topological polar surface area (TPSA) is 60.5 Å². The van der Waals surface area contributed by atoms with Crippen LogP contribution in [0.2, 0.25) is 0 Å². The van der Waals surface area contributed by atoms with E-state index < -0.39 is 0 Å². The molecule has 6 heteroatoms. The van der Waals surface area contributed by atoms with Crippen LogP contribution in [-0.2, 0) is 4.74 Å². The number of nitrogens with zero attached hydrogens (tertiary/aromatic N) is 1. The van der Waals surface area contributed by atoms with E-state index in [1.807, 2.05) is 0 Å². The third-order valence-corrected chi connectivity index (χ3v) is 4.00. The van der Waals surface area contributed by atoms with E-state index in [2.05, 4.69) is 10.3 Å². The zero-order valence-electron chi connectivity index (χ0n) is 13.2. The average Bonchev–Trinajstić information content (AvgIpc) is 3.05. The van der Waals surface area contributed by atoms with Gasteiger partial charge in [0, 0.05) is 24.6 Å². The van der Waals surface area contributed by atoms with Gasteiger partial charge in [0.1, 0.15) is 17.3 Å². The number of amides is 1. The molecular weight excluding hydrogens is 299 g/mol. The van der Waals surface area contributed by atoms with Gasteiger partial charge in [-0.15, -0.1) is 0 Å². The largest absolute Gasteiger partial charge is 0.496 e. The first-order chi connectivity index (χ1) is 11.1. The van der Waals surface area contributed by atoms with E-state index in [1.54, 1.807) is 6.92 Å². The number of methoxy groups -OCH3 is 1. The summed E-state index contributed by atoms with van der Waals surface area (Å²) in [5, 5.41) is 3.39. The summed E-state index contributed by atoms with van der Waals surface area (Å²) in [6.45, 7) is 2.96. The number of carbonyl (C=O) groups is 1. The fraction of sp³-hybridized carbons (Fsp3) is 0.412. The van der Waals surface area contributed by atoms with E-state index in [4.69, 9.17) is 9.47 Å². The molecule has 1 saturated heterocycles. The van der Waals surface area contributed by atoms with Crippen molar-refractivity contribution >= 4 is 16.8 Å². The molecule has 0 unspecified atom stereocenters. The molecular formula is C17H19FN2O3. The van der Waals surface area contributed by atoms with E-state index in [9.17, 15) is 9.18 Å². The summed E-state index contributed by atoms with van der Waals surface area (Å²) in [4.78, 5) is 16.7. The highest BCUT2D eigenvalue weighted by Gasteiger charge is 2.19. The summed E-state index contributed by atoms with van der Waals surface area (Å²) in [5.74, 6) is -0.213. The fourth-order valence-electron chi connectivity index (χ4n) is 2.81. The standard InChI is InChI=1S/C17H19FN2O3/c1-10-6-11(18)7-13-15(22-2)8-14(20-16(10)13)17(21)19-9-12-4-3-5-23-12/h6-8,12H,3-5,9H2,1-2H3,(H,19,21)/t12-/m0/s1. The second kappa shape index (κ2) is 6.50. The van der Waals surface area contributed by atoms with Gasteiger partial charge in [0.2, 0.25) is 0 Å². The summed E-state index contributed by atoms with van der Waals surface area (Å²) in [7, 11) is 1.49. The van der Waals surface area contributed by atoms with Crippen molar-refractivity contribution in [2.75, 3.05) is 20.3 Å². The molecule has 1 N–H and O–H groups in total. The van der Waals surface area contributed by atoms with Crippen LogP contribution in [0.5, 0.6) is 5.75 Å². The molecule has 1 amide bonds. The number of hydrogen-bond acceptors (Lipinski definition) is 4. The number of halogens is 1. The number of pyridine rings is 1. The van der Waals surface area contributed by atoms with Gasteiger partial charge in [-0.2, -0.15) is 0 Å². The van der Waals surface area contributed by atoms with E-state index >= 15 is 0 Å². The van der Waals surface area contributed by atoms with Gasteiger partial charge in [-0.3, -0.25) is 4.79 Å². The minimum absolute atomic E-state index is 0.0668. The first-order valence-corrected chi connectivity index (χ1v) is 7.63. The van der Waals surface area contributed by atoms with Crippen LogP contribution in [0.3, 0.4) is 0 Å². The molecule has 1 fully saturated rings. The molecule has 2 aromatic rings. The second-order valence-electron chi connectivity index (χ2n) is 5.67. The van der Waals surface area contributed by atoms with Crippen LogP contribution in [0.1, 0.15) is 28.9 Å². The lowest BCUT2D eigenvalue weighted by molar-refractivity contribution is 0.0854. The maximum atomic E-state index is 13.6. The summed E-state index contributed by atoms with van der Waals surface area (Å²) in [6, 6.07) is 4.29. The summed E-state index contributed by atoms with van der Waals surface area (Å²) in [5.41, 5.74) is 1.47. The predicted molar refractivity (Wildman–Crippen MR) is 84.3 cm³/mol. The molecule has 1 atom stereocenters. The molecule has 0 spiro atoms. The molecule has 0 saturated carbocycles. The Balaban J connectivity index is 1.89. The smallest absolute Gasteiger partial charge is 0.270 e. The minimum atomic E-state index is -0.356. The molecule has 3 rings (SSSR count). The first kappa shape index (κ1) is 15.7. The molecule has 1 aromatic carbocycles. The Morgan fingerprint density at radius 1 is 1.48 bits per heavy atom. The van der Waals surface area contributed by atoms with Gasteiger partial charge in [0.05, 0.1) is 18.7 Å². The highest BCUT2D eigenvalue weighted by molar-refractivity contribution is 5.97. The second-order valence-corrected chi connectivity index (χ2v) is 5.67. The molecule has 122 valence electrons. The number of ether oxygens (including phenoxy) is 2. The van der Waals surface area contributed by atoms with Gasteiger partial charge in [-0.25, -0.2) is 9.37 Å². The first-order valence-electron chi connectivity index (χ1n) is 7.63. The molecule has 5 nitrogen and oxygen atoms in total. The highest BCUT2D eigenvalue weighted by Crippen LogP contribution is 2.28. The number of aryl methyl sites for hydroxylation is 1.